The van der Waals surface area contributed by atoms with Crippen LogP contribution in [-0.2, 0) is 10.3 Å². The zero-order valence-corrected chi connectivity index (χ0v) is 21.6. The van der Waals surface area contributed by atoms with Crippen LogP contribution in [0.15, 0.2) is 30.5 Å². The van der Waals surface area contributed by atoms with Gasteiger partial charge in [0.25, 0.3) is 0 Å². The van der Waals surface area contributed by atoms with E-state index in [2.05, 4.69) is 51.9 Å². The fourth-order valence-corrected chi connectivity index (χ4v) is 5.94. The van der Waals surface area contributed by atoms with E-state index in [4.69, 9.17) is 14.7 Å². The standard InChI is InChI=1S/C28H36N6O2/c1-17-16-36-15-14-34(17)27-25-24(31-26(32-27)20-6-5-7-21-19(20)8-11-29-21)22(28(2,3)35)23(30-25)18-9-12-33(4)13-10-18/h5-8,11,17-18,29-30,35H,9-10,12-16H2,1-4H3/t17-/m1/s1. The Bertz CT molecular complexity index is 1390. The lowest BCUT2D eigenvalue weighted by Gasteiger charge is -2.34. The zero-order chi connectivity index (χ0) is 25.0. The molecule has 4 aromatic rings. The number of likely N-dealkylation sites (tertiary alicyclic amines) is 1. The predicted molar refractivity (Wildman–Crippen MR) is 144 cm³/mol. The number of nitrogens with one attached hydrogen (secondary N) is 2. The summed E-state index contributed by atoms with van der Waals surface area (Å²) < 4.78 is 5.75. The molecule has 0 saturated carbocycles. The highest BCUT2D eigenvalue weighted by molar-refractivity contribution is 5.97. The van der Waals surface area contributed by atoms with E-state index in [0.29, 0.717) is 25.0 Å². The van der Waals surface area contributed by atoms with Gasteiger partial charge in [0.15, 0.2) is 11.6 Å². The van der Waals surface area contributed by atoms with Crippen LogP contribution < -0.4 is 4.90 Å². The number of rotatable bonds is 4. The monoisotopic (exact) mass is 488 g/mol. The van der Waals surface area contributed by atoms with Crippen molar-refractivity contribution in [2.75, 3.05) is 44.8 Å². The molecule has 0 unspecified atom stereocenters. The van der Waals surface area contributed by atoms with Crippen LogP contribution >= 0.6 is 0 Å². The van der Waals surface area contributed by atoms with Gasteiger partial charge in [0.2, 0.25) is 0 Å². The summed E-state index contributed by atoms with van der Waals surface area (Å²) in [5, 5.41) is 12.6. The summed E-state index contributed by atoms with van der Waals surface area (Å²) in [4.78, 5) is 22.1. The number of H-pyrrole nitrogens is 2. The van der Waals surface area contributed by atoms with E-state index in [9.17, 15) is 5.11 Å². The maximum atomic E-state index is 11.5. The number of morpholine rings is 1. The highest BCUT2D eigenvalue weighted by Crippen LogP contribution is 2.42. The van der Waals surface area contributed by atoms with Gasteiger partial charge < -0.3 is 29.6 Å². The van der Waals surface area contributed by atoms with Gasteiger partial charge in [0.1, 0.15) is 11.0 Å². The number of fused-ring (bicyclic) bond motifs is 2. The lowest BCUT2D eigenvalue weighted by Crippen LogP contribution is -2.44. The summed E-state index contributed by atoms with van der Waals surface area (Å²) in [5.74, 6) is 1.92. The second-order valence-electron chi connectivity index (χ2n) is 11.0. The van der Waals surface area contributed by atoms with E-state index in [1.54, 1.807) is 0 Å². The summed E-state index contributed by atoms with van der Waals surface area (Å²) in [5.41, 5.74) is 4.75. The molecular formula is C28H36N6O2. The van der Waals surface area contributed by atoms with Crippen molar-refractivity contribution in [3.8, 4) is 11.4 Å². The number of aliphatic hydroxyl groups is 1. The van der Waals surface area contributed by atoms with Crippen LogP contribution in [0.25, 0.3) is 33.3 Å². The second-order valence-corrected chi connectivity index (χ2v) is 11.0. The van der Waals surface area contributed by atoms with Gasteiger partial charge in [-0.1, -0.05) is 12.1 Å². The molecule has 6 rings (SSSR count). The smallest absolute Gasteiger partial charge is 0.162 e. The molecule has 5 heterocycles. The van der Waals surface area contributed by atoms with Gasteiger partial charge in [0.05, 0.1) is 24.9 Å². The fraction of sp³-hybridized carbons (Fsp3) is 0.500. The second kappa shape index (κ2) is 8.87. The van der Waals surface area contributed by atoms with E-state index >= 15 is 0 Å². The molecule has 0 spiro atoms. The maximum Gasteiger partial charge on any atom is 0.162 e. The van der Waals surface area contributed by atoms with E-state index < -0.39 is 5.60 Å². The zero-order valence-electron chi connectivity index (χ0n) is 21.6. The van der Waals surface area contributed by atoms with Crippen molar-refractivity contribution in [2.24, 2.45) is 0 Å². The van der Waals surface area contributed by atoms with Gasteiger partial charge >= 0.3 is 0 Å². The van der Waals surface area contributed by atoms with E-state index in [0.717, 1.165) is 77.1 Å². The number of anilines is 1. The number of nitrogens with zero attached hydrogens (tertiary/aromatic N) is 4. The Morgan fingerprint density at radius 2 is 1.92 bits per heavy atom. The largest absolute Gasteiger partial charge is 0.386 e. The first-order valence-electron chi connectivity index (χ1n) is 13.1. The third-order valence-corrected chi connectivity index (χ3v) is 7.87. The molecule has 2 fully saturated rings. The number of aromatic amines is 2. The minimum absolute atomic E-state index is 0.188. The molecule has 190 valence electrons. The van der Waals surface area contributed by atoms with Crippen molar-refractivity contribution in [1.82, 2.24) is 24.8 Å². The Hall–Kier alpha value is -2.94. The Kier molecular flexibility index (Phi) is 5.78. The third-order valence-electron chi connectivity index (χ3n) is 7.87. The van der Waals surface area contributed by atoms with Crippen LogP contribution in [-0.4, -0.2) is 75.9 Å². The molecule has 0 radical (unpaired) electrons. The fourth-order valence-electron chi connectivity index (χ4n) is 5.94. The number of hydrogen-bond acceptors (Lipinski definition) is 6. The molecule has 2 aliphatic rings. The average molecular weight is 489 g/mol. The van der Waals surface area contributed by atoms with Crippen LogP contribution in [0.3, 0.4) is 0 Å². The Morgan fingerprint density at radius 3 is 2.67 bits per heavy atom. The Morgan fingerprint density at radius 1 is 1.11 bits per heavy atom. The van der Waals surface area contributed by atoms with E-state index in [-0.39, 0.29) is 6.04 Å². The topological polar surface area (TPSA) is 93.3 Å². The van der Waals surface area contributed by atoms with Crippen LogP contribution in [0.5, 0.6) is 0 Å². The molecule has 3 N–H and O–H groups in total. The molecule has 36 heavy (non-hydrogen) atoms. The summed E-state index contributed by atoms with van der Waals surface area (Å²) in [7, 11) is 2.18. The number of piperidine rings is 1. The van der Waals surface area contributed by atoms with Crippen LogP contribution in [0.4, 0.5) is 5.82 Å². The summed E-state index contributed by atoms with van der Waals surface area (Å²) in [6, 6.07) is 8.45. The number of aromatic nitrogens is 4. The molecule has 0 amide bonds. The van der Waals surface area contributed by atoms with Gasteiger partial charge in [-0.25, -0.2) is 9.97 Å². The lowest BCUT2D eigenvalue weighted by atomic mass is 9.86. The minimum atomic E-state index is -1.05. The summed E-state index contributed by atoms with van der Waals surface area (Å²) in [6.07, 6.45) is 4.06. The van der Waals surface area contributed by atoms with E-state index in [1.165, 1.54) is 0 Å². The molecule has 2 saturated heterocycles. The predicted octanol–water partition coefficient (Wildman–Crippen LogP) is 4.37. The van der Waals surface area contributed by atoms with Crippen molar-refractivity contribution in [2.45, 2.75) is 51.2 Å². The highest BCUT2D eigenvalue weighted by Gasteiger charge is 2.34. The molecule has 3 aromatic heterocycles. The third kappa shape index (κ3) is 3.97. The van der Waals surface area contributed by atoms with E-state index in [1.807, 2.05) is 26.1 Å². The first kappa shape index (κ1) is 23.5. The minimum Gasteiger partial charge on any atom is -0.386 e. The molecule has 0 aliphatic carbocycles. The average Bonchev–Trinajstić information content (AvgIpc) is 3.49. The summed E-state index contributed by atoms with van der Waals surface area (Å²) in [6.45, 7) is 10.1. The number of ether oxygens (including phenoxy) is 1. The molecular weight excluding hydrogens is 452 g/mol. The van der Waals surface area contributed by atoms with Crippen molar-refractivity contribution >= 4 is 27.8 Å². The van der Waals surface area contributed by atoms with Crippen molar-refractivity contribution in [1.29, 1.82) is 0 Å². The van der Waals surface area contributed by atoms with Gasteiger partial charge in [-0.3, -0.25) is 0 Å². The lowest BCUT2D eigenvalue weighted by molar-refractivity contribution is 0.0780. The first-order valence-corrected chi connectivity index (χ1v) is 13.1. The van der Waals surface area contributed by atoms with Gasteiger partial charge in [0, 0.05) is 46.4 Å². The molecule has 0 bridgehead atoms. The van der Waals surface area contributed by atoms with Crippen LogP contribution in [0.2, 0.25) is 0 Å². The summed E-state index contributed by atoms with van der Waals surface area (Å²) >= 11 is 0. The number of benzene rings is 1. The Labute approximate surface area is 211 Å². The SMILES string of the molecule is C[C@@H]1COCCN1c1nc(-c2cccc3[nH]ccc23)nc2c(C(C)(C)O)c(C3CCN(C)CC3)[nH]c12. The van der Waals surface area contributed by atoms with Gasteiger partial charge in [-0.15, -0.1) is 0 Å². The van der Waals surface area contributed by atoms with Crippen molar-refractivity contribution in [3.63, 3.8) is 0 Å². The molecule has 1 atom stereocenters. The Balaban J connectivity index is 1.62. The van der Waals surface area contributed by atoms with Crippen molar-refractivity contribution < 1.29 is 9.84 Å². The molecule has 2 aliphatic heterocycles. The highest BCUT2D eigenvalue weighted by atomic mass is 16.5. The molecule has 8 nitrogen and oxygen atoms in total. The number of hydrogen-bond donors (Lipinski definition) is 3. The normalized spacial score (nSPS) is 20.6. The van der Waals surface area contributed by atoms with Crippen molar-refractivity contribution in [3.05, 3.63) is 41.7 Å². The van der Waals surface area contributed by atoms with Gasteiger partial charge in [-0.2, -0.15) is 0 Å². The quantitative estimate of drug-likeness (QED) is 0.395. The van der Waals surface area contributed by atoms with Crippen LogP contribution in [0.1, 0.15) is 50.8 Å². The molecule has 1 aromatic carbocycles. The maximum absolute atomic E-state index is 11.5. The van der Waals surface area contributed by atoms with Gasteiger partial charge in [-0.05, 0) is 65.9 Å². The molecule has 8 heteroatoms. The van der Waals surface area contributed by atoms with Crippen LogP contribution in [0, 0.1) is 0 Å². The first-order chi connectivity index (χ1) is 17.3.